The molecule has 1 amide bonds. The van der Waals surface area contributed by atoms with Gasteiger partial charge in [-0.1, -0.05) is 12.1 Å². The number of hydrogen-bond donors (Lipinski definition) is 2. The molecular formula is C18H22FN3OS. The van der Waals surface area contributed by atoms with Gasteiger partial charge in [-0.2, -0.15) is 0 Å². The van der Waals surface area contributed by atoms with Crippen LogP contribution in [-0.4, -0.2) is 29.5 Å². The second-order valence-electron chi connectivity index (χ2n) is 6.36. The van der Waals surface area contributed by atoms with E-state index in [0.717, 1.165) is 35.7 Å². The summed E-state index contributed by atoms with van der Waals surface area (Å²) in [6, 6.07) is 7.15. The number of piperidine rings is 1. The van der Waals surface area contributed by atoms with E-state index >= 15 is 0 Å². The molecule has 0 saturated carbocycles. The molecule has 2 heterocycles. The van der Waals surface area contributed by atoms with Crippen molar-refractivity contribution >= 4 is 17.2 Å². The molecule has 2 N–H and O–H groups in total. The van der Waals surface area contributed by atoms with Gasteiger partial charge in [0.15, 0.2) is 0 Å². The Morgan fingerprint density at radius 1 is 1.42 bits per heavy atom. The van der Waals surface area contributed by atoms with Gasteiger partial charge in [0.05, 0.1) is 17.1 Å². The Balaban J connectivity index is 1.51. The van der Waals surface area contributed by atoms with Crippen LogP contribution in [0.2, 0.25) is 0 Å². The van der Waals surface area contributed by atoms with Crippen LogP contribution >= 0.6 is 11.3 Å². The van der Waals surface area contributed by atoms with Gasteiger partial charge in [0.2, 0.25) is 5.91 Å². The molecule has 2 atom stereocenters. The molecule has 1 aromatic heterocycles. The summed E-state index contributed by atoms with van der Waals surface area (Å²) in [6.07, 6.45) is 2.93. The van der Waals surface area contributed by atoms with Crippen molar-refractivity contribution in [1.82, 2.24) is 15.6 Å². The van der Waals surface area contributed by atoms with Gasteiger partial charge in [-0.05, 0) is 44.0 Å². The van der Waals surface area contributed by atoms with Gasteiger partial charge < -0.3 is 10.6 Å². The summed E-state index contributed by atoms with van der Waals surface area (Å²) >= 11 is 1.54. The van der Waals surface area contributed by atoms with Crippen LogP contribution in [0.25, 0.3) is 0 Å². The number of benzene rings is 1. The van der Waals surface area contributed by atoms with Crippen LogP contribution in [0.5, 0.6) is 0 Å². The third-order valence-electron chi connectivity index (χ3n) is 4.20. The number of nitrogens with one attached hydrogen (secondary N) is 2. The van der Waals surface area contributed by atoms with Crippen molar-refractivity contribution in [2.24, 2.45) is 0 Å². The van der Waals surface area contributed by atoms with Gasteiger partial charge in [0.25, 0.3) is 0 Å². The van der Waals surface area contributed by atoms with E-state index in [-0.39, 0.29) is 17.8 Å². The monoisotopic (exact) mass is 347 g/mol. The molecule has 4 nitrogen and oxygen atoms in total. The lowest BCUT2D eigenvalue weighted by Crippen LogP contribution is -2.46. The zero-order valence-corrected chi connectivity index (χ0v) is 14.5. The molecule has 1 aliphatic rings. The minimum absolute atomic E-state index is 0.0349. The fourth-order valence-corrected chi connectivity index (χ4v) is 3.82. The van der Waals surface area contributed by atoms with Crippen molar-refractivity contribution in [3.8, 4) is 0 Å². The maximum absolute atomic E-state index is 12.9. The summed E-state index contributed by atoms with van der Waals surface area (Å²) in [5, 5.41) is 9.36. The highest BCUT2D eigenvalue weighted by Gasteiger charge is 2.20. The zero-order chi connectivity index (χ0) is 16.9. The summed E-state index contributed by atoms with van der Waals surface area (Å²) in [4.78, 5) is 16.7. The van der Waals surface area contributed by atoms with Gasteiger partial charge in [0, 0.05) is 23.9 Å². The van der Waals surface area contributed by atoms with E-state index < -0.39 is 0 Å². The third kappa shape index (κ3) is 4.85. The second-order valence-corrected chi connectivity index (χ2v) is 7.30. The normalized spacial score (nSPS) is 20.8. The average molecular weight is 347 g/mol. The molecule has 1 aromatic carbocycles. The van der Waals surface area contributed by atoms with Crippen LogP contribution < -0.4 is 10.6 Å². The van der Waals surface area contributed by atoms with E-state index in [9.17, 15) is 9.18 Å². The van der Waals surface area contributed by atoms with Gasteiger partial charge in [-0.25, -0.2) is 9.37 Å². The molecular weight excluding hydrogens is 325 g/mol. The van der Waals surface area contributed by atoms with Crippen molar-refractivity contribution in [3.63, 3.8) is 0 Å². The Morgan fingerprint density at radius 2 is 2.21 bits per heavy atom. The maximum atomic E-state index is 12.9. The first-order valence-electron chi connectivity index (χ1n) is 8.29. The van der Waals surface area contributed by atoms with E-state index in [2.05, 4.69) is 22.5 Å². The van der Waals surface area contributed by atoms with Crippen LogP contribution in [-0.2, 0) is 17.6 Å². The van der Waals surface area contributed by atoms with Crippen molar-refractivity contribution in [3.05, 3.63) is 51.7 Å². The summed E-state index contributed by atoms with van der Waals surface area (Å²) in [6.45, 7) is 3.09. The first-order valence-corrected chi connectivity index (χ1v) is 9.17. The Kier molecular flexibility index (Phi) is 5.58. The summed E-state index contributed by atoms with van der Waals surface area (Å²) in [5.74, 6) is -0.199. The number of aromatic nitrogens is 1. The molecule has 0 bridgehead atoms. The predicted octanol–water partition coefficient (Wildman–Crippen LogP) is 2.67. The molecule has 1 aliphatic heterocycles. The van der Waals surface area contributed by atoms with Crippen molar-refractivity contribution < 1.29 is 9.18 Å². The minimum Gasteiger partial charge on any atom is -0.353 e. The smallest absolute Gasteiger partial charge is 0.226 e. The number of thiazole rings is 1. The predicted molar refractivity (Wildman–Crippen MR) is 93.7 cm³/mol. The molecule has 24 heavy (non-hydrogen) atoms. The van der Waals surface area contributed by atoms with E-state index in [0.29, 0.717) is 18.9 Å². The number of nitrogens with zero attached hydrogens (tertiary/aromatic N) is 1. The first-order chi connectivity index (χ1) is 11.6. The number of rotatable bonds is 5. The summed E-state index contributed by atoms with van der Waals surface area (Å²) < 4.78 is 12.9. The van der Waals surface area contributed by atoms with Crippen molar-refractivity contribution in [2.45, 2.75) is 44.7 Å². The molecule has 128 valence electrons. The maximum Gasteiger partial charge on any atom is 0.226 e. The molecule has 0 aliphatic carbocycles. The molecule has 3 rings (SSSR count). The molecule has 0 radical (unpaired) electrons. The van der Waals surface area contributed by atoms with E-state index in [1.54, 1.807) is 23.5 Å². The molecule has 0 spiro atoms. The molecule has 1 saturated heterocycles. The largest absolute Gasteiger partial charge is 0.353 e. The summed E-state index contributed by atoms with van der Waals surface area (Å²) in [7, 11) is 0. The lowest BCUT2D eigenvalue weighted by molar-refractivity contribution is -0.121. The number of carbonyl (C=O) groups excluding carboxylic acids is 1. The second kappa shape index (κ2) is 7.85. The van der Waals surface area contributed by atoms with Crippen molar-refractivity contribution in [2.75, 3.05) is 6.54 Å². The van der Waals surface area contributed by atoms with E-state index in [1.807, 2.05) is 5.38 Å². The van der Waals surface area contributed by atoms with E-state index in [4.69, 9.17) is 0 Å². The van der Waals surface area contributed by atoms with Gasteiger partial charge in [0.1, 0.15) is 5.82 Å². The number of hydrogen-bond acceptors (Lipinski definition) is 4. The van der Waals surface area contributed by atoms with Crippen LogP contribution in [0.4, 0.5) is 4.39 Å². The van der Waals surface area contributed by atoms with Gasteiger partial charge >= 0.3 is 0 Å². The SMILES string of the molecule is CC1CC(NC(=O)Cc2csc(Cc3ccc(F)cc3)n2)CCN1. The van der Waals surface area contributed by atoms with Crippen LogP contribution in [0.1, 0.15) is 36.0 Å². The highest BCUT2D eigenvalue weighted by Crippen LogP contribution is 2.16. The quantitative estimate of drug-likeness (QED) is 0.874. The Labute approximate surface area is 145 Å². The molecule has 6 heteroatoms. The standard InChI is InChI=1S/C18H22FN3OS/c1-12-8-15(6-7-20-12)21-17(23)10-16-11-24-18(22-16)9-13-2-4-14(19)5-3-13/h2-5,11-12,15,20H,6-10H2,1H3,(H,21,23). The Hall–Kier alpha value is -1.79. The Morgan fingerprint density at radius 3 is 2.96 bits per heavy atom. The topological polar surface area (TPSA) is 54.0 Å². The number of amides is 1. The first kappa shape index (κ1) is 17.0. The van der Waals surface area contributed by atoms with Crippen LogP contribution in [0, 0.1) is 5.82 Å². The number of carbonyl (C=O) groups is 1. The fraction of sp³-hybridized carbons (Fsp3) is 0.444. The molecule has 1 fully saturated rings. The average Bonchev–Trinajstić information content (AvgIpc) is 2.96. The highest BCUT2D eigenvalue weighted by molar-refractivity contribution is 7.09. The number of halogens is 1. The van der Waals surface area contributed by atoms with Crippen LogP contribution in [0.3, 0.4) is 0 Å². The zero-order valence-electron chi connectivity index (χ0n) is 13.7. The van der Waals surface area contributed by atoms with Gasteiger partial charge in [-0.3, -0.25) is 4.79 Å². The molecule has 2 unspecified atom stereocenters. The van der Waals surface area contributed by atoms with Gasteiger partial charge in [-0.15, -0.1) is 11.3 Å². The lowest BCUT2D eigenvalue weighted by atomic mass is 10.0. The van der Waals surface area contributed by atoms with Crippen LogP contribution in [0.15, 0.2) is 29.6 Å². The molecule has 2 aromatic rings. The summed E-state index contributed by atoms with van der Waals surface area (Å²) in [5.41, 5.74) is 1.82. The fourth-order valence-electron chi connectivity index (χ4n) is 2.99. The van der Waals surface area contributed by atoms with E-state index in [1.165, 1.54) is 12.1 Å². The van der Waals surface area contributed by atoms with Crippen molar-refractivity contribution in [1.29, 1.82) is 0 Å². The lowest BCUT2D eigenvalue weighted by Gasteiger charge is -2.28. The Bertz CT molecular complexity index is 686. The minimum atomic E-state index is -0.234. The third-order valence-corrected chi connectivity index (χ3v) is 5.10. The highest BCUT2D eigenvalue weighted by atomic mass is 32.1.